The smallest absolute Gasteiger partial charge is 0.310 e. The largest absolute Gasteiger partial charge is 0.459 e. The molecule has 1 heterocycles. The number of allylic oxidation sites excluding steroid dienone is 2. The van der Waals surface area contributed by atoms with Crippen LogP contribution in [0, 0.1) is 24.2 Å². The van der Waals surface area contributed by atoms with Gasteiger partial charge in [-0.15, -0.1) is 0 Å². The van der Waals surface area contributed by atoms with Crippen LogP contribution in [0.25, 0.3) is 0 Å². The van der Waals surface area contributed by atoms with Crippen LogP contribution in [0.4, 0.5) is 0 Å². The molecule has 1 saturated carbocycles. The molecule has 0 aromatic carbocycles. The number of hydrogen-bond donors (Lipinski definition) is 0. The monoisotopic (exact) mass is 264 g/mol. The molecule has 5 heteroatoms. The second-order valence-corrected chi connectivity index (χ2v) is 5.97. The van der Waals surface area contributed by atoms with E-state index in [1.54, 1.807) is 6.92 Å². The van der Waals surface area contributed by atoms with Gasteiger partial charge in [0.05, 0.1) is 5.92 Å². The Morgan fingerprint density at radius 3 is 2.63 bits per heavy atom. The number of nitrogens with zero attached hydrogens (tertiary/aromatic N) is 2. The fourth-order valence-corrected chi connectivity index (χ4v) is 2.41. The van der Waals surface area contributed by atoms with Crippen LogP contribution < -0.4 is 0 Å². The molecule has 1 aliphatic rings. The standard InChI is InChI=1S/C14H20N2O3/c1-8(2)6-10-12(14(10,4)5)13(17)18-7-11-9(3)15-19-16-11/h6,10,12H,7H2,1-5H3. The average Bonchev–Trinajstić information content (AvgIpc) is 2.66. The quantitative estimate of drug-likeness (QED) is 0.618. The van der Waals surface area contributed by atoms with Crippen molar-refractivity contribution in [3.63, 3.8) is 0 Å². The predicted octanol–water partition coefficient (Wildman–Crippen LogP) is 2.66. The zero-order valence-corrected chi connectivity index (χ0v) is 12.1. The molecule has 1 aromatic heterocycles. The van der Waals surface area contributed by atoms with E-state index in [-0.39, 0.29) is 29.8 Å². The van der Waals surface area contributed by atoms with E-state index in [9.17, 15) is 4.79 Å². The van der Waals surface area contributed by atoms with Gasteiger partial charge in [0, 0.05) is 0 Å². The first-order valence-corrected chi connectivity index (χ1v) is 6.43. The Bertz CT molecular complexity index is 513. The van der Waals surface area contributed by atoms with Crippen molar-refractivity contribution in [2.24, 2.45) is 17.3 Å². The second kappa shape index (κ2) is 4.79. The van der Waals surface area contributed by atoms with Crippen molar-refractivity contribution in [3.8, 4) is 0 Å². The summed E-state index contributed by atoms with van der Waals surface area (Å²) in [5, 5.41) is 7.35. The lowest BCUT2D eigenvalue weighted by Crippen LogP contribution is -2.11. The molecule has 2 atom stereocenters. The molecule has 5 nitrogen and oxygen atoms in total. The highest BCUT2D eigenvalue weighted by Gasteiger charge is 2.61. The fraction of sp³-hybridized carbons (Fsp3) is 0.643. The Kier molecular flexibility index (Phi) is 3.47. The third-order valence-corrected chi connectivity index (χ3v) is 3.78. The number of aryl methyl sites for hydroxylation is 1. The minimum Gasteiger partial charge on any atom is -0.459 e. The summed E-state index contributed by atoms with van der Waals surface area (Å²) in [7, 11) is 0. The van der Waals surface area contributed by atoms with Gasteiger partial charge in [-0.3, -0.25) is 4.79 Å². The molecule has 104 valence electrons. The van der Waals surface area contributed by atoms with E-state index < -0.39 is 0 Å². The van der Waals surface area contributed by atoms with E-state index in [0.29, 0.717) is 11.4 Å². The third-order valence-electron chi connectivity index (χ3n) is 3.78. The molecule has 2 unspecified atom stereocenters. The molecule has 1 fully saturated rings. The number of aromatic nitrogens is 2. The zero-order chi connectivity index (χ0) is 14.2. The van der Waals surface area contributed by atoms with Crippen LogP contribution in [0.5, 0.6) is 0 Å². The van der Waals surface area contributed by atoms with Crippen molar-refractivity contribution in [2.45, 2.75) is 41.2 Å². The Balaban J connectivity index is 1.95. The van der Waals surface area contributed by atoms with Gasteiger partial charge in [-0.1, -0.05) is 35.8 Å². The minimum absolute atomic E-state index is 0.0223. The first-order valence-electron chi connectivity index (χ1n) is 6.43. The topological polar surface area (TPSA) is 65.2 Å². The number of rotatable bonds is 4. The van der Waals surface area contributed by atoms with Crippen LogP contribution in [0.3, 0.4) is 0 Å². The van der Waals surface area contributed by atoms with Crippen molar-refractivity contribution in [1.29, 1.82) is 0 Å². The van der Waals surface area contributed by atoms with Crippen molar-refractivity contribution in [1.82, 2.24) is 10.3 Å². The minimum atomic E-state index is -0.171. The number of carbonyl (C=O) groups excluding carboxylic acids is 1. The van der Waals surface area contributed by atoms with Gasteiger partial charge in [-0.2, -0.15) is 0 Å². The SMILES string of the molecule is CC(C)=CC1C(C(=O)OCc2nonc2C)C1(C)C. The lowest BCUT2D eigenvalue weighted by molar-refractivity contribution is -0.147. The fourth-order valence-electron chi connectivity index (χ4n) is 2.41. The molecule has 0 radical (unpaired) electrons. The second-order valence-electron chi connectivity index (χ2n) is 5.97. The summed E-state index contributed by atoms with van der Waals surface area (Å²) in [5.41, 5.74) is 2.44. The summed E-state index contributed by atoms with van der Waals surface area (Å²) in [6.07, 6.45) is 2.15. The maximum Gasteiger partial charge on any atom is 0.310 e. The van der Waals surface area contributed by atoms with Crippen LogP contribution in [-0.2, 0) is 16.1 Å². The molecule has 0 N–H and O–H groups in total. The lowest BCUT2D eigenvalue weighted by atomic mass is 10.1. The van der Waals surface area contributed by atoms with Crippen molar-refractivity contribution >= 4 is 5.97 Å². The molecule has 0 spiro atoms. The zero-order valence-electron chi connectivity index (χ0n) is 12.1. The Morgan fingerprint density at radius 1 is 1.42 bits per heavy atom. The van der Waals surface area contributed by atoms with Gasteiger partial charge >= 0.3 is 5.97 Å². The summed E-state index contributed by atoms with van der Waals surface area (Å²) < 4.78 is 9.88. The van der Waals surface area contributed by atoms with Gasteiger partial charge in [-0.05, 0) is 32.1 Å². The van der Waals surface area contributed by atoms with Crippen LogP contribution in [0.15, 0.2) is 16.3 Å². The highest BCUT2D eigenvalue weighted by atomic mass is 16.6. The molecule has 19 heavy (non-hydrogen) atoms. The third kappa shape index (κ3) is 2.69. The van der Waals surface area contributed by atoms with Gasteiger partial charge < -0.3 is 4.74 Å². The maximum absolute atomic E-state index is 12.1. The van der Waals surface area contributed by atoms with Gasteiger partial charge in [0.2, 0.25) is 0 Å². The number of ether oxygens (including phenoxy) is 1. The van der Waals surface area contributed by atoms with E-state index in [2.05, 4.69) is 34.9 Å². The highest BCUT2D eigenvalue weighted by Crippen LogP contribution is 2.59. The molecule has 0 bridgehead atoms. The normalized spacial score (nSPS) is 23.8. The number of hydrogen-bond acceptors (Lipinski definition) is 5. The lowest BCUT2D eigenvalue weighted by Gasteiger charge is -2.03. The molecule has 2 rings (SSSR count). The number of esters is 1. The molecule has 0 amide bonds. The summed E-state index contributed by atoms with van der Waals surface area (Å²) in [4.78, 5) is 12.1. The van der Waals surface area contributed by atoms with E-state index in [1.807, 2.05) is 13.8 Å². The van der Waals surface area contributed by atoms with Gasteiger partial charge in [0.1, 0.15) is 18.0 Å². The Labute approximate surface area is 113 Å². The first kappa shape index (κ1) is 13.8. The summed E-state index contributed by atoms with van der Waals surface area (Å²) >= 11 is 0. The summed E-state index contributed by atoms with van der Waals surface area (Å²) in [5.74, 6) is 0.0268. The van der Waals surface area contributed by atoms with Gasteiger partial charge in [-0.25, -0.2) is 4.63 Å². The molecule has 1 aromatic rings. The van der Waals surface area contributed by atoms with Gasteiger partial charge in [0.25, 0.3) is 0 Å². The number of carbonyl (C=O) groups is 1. The van der Waals surface area contributed by atoms with Crippen LogP contribution >= 0.6 is 0 Å². The Morgan fingerprint density at radius 2 is 2.11 bits per heavy atom. The van der Waals surface area contributed by atoms with Crippen LogP contribution in [0.1, 0.15) is 39.1 Å². The van der Waals surface area contributed by atoms with Crippen LogP contribution in [0.2, 0.25) is 0 Å². The summed E-state index contributed by atoms with van der Waals surface area (Å²) in [6.45, 7) is 10.2. The molecular formula is C14H20N2O3. The predicted molar refractivity (Wildman–Crippen MR) is 69.0 cm³/mol. The van der Waals surface area contributed by atoms with E-state index in [1.165, 1.54) is 5.57 Å². The summed E-state index contributed by atoms with van der Waals surface area (Å²) in [6, 6.07) is 0. The Hall–Kier alpha value is -1.65. The van der Waals surface area contributed by atoms with Crippen LogP contribution in [-0.4, -0.2) is 16.3 Å². The average molecular weight is 264 g/mol. The molecule has 1 aliphatic carbocycles. The van der Waals surface area contributed by atoms with E-state index in [0.717, 1.165) is 0 Å². The molecule has 0 aliphatic heterocycles. The molecule has 0 saturated heterocycles. The van der Waals surface area contributed by atoms with Crippen molar-refractivity contribution in [3.05, 3.63) is 23.0 Å². The molecular weight excluding hydrogens is 244 g/mol. The van der Waals surface area contributed by atoms with E-state index >= 15 is 0 Å². The van der Waals surface area contributed by atoms with Crippen molar-refractivity contribution in [2.75, 3.05) is 0 Å². The van der Waals surface area contributed by atoms with Crippen molar-refractivity contribution < 1.29 is 14.2 Å². The van der Waals surface area contributed by atoms with Gasteiger partial charge in [0.15, 0.2) is 0 Å². The first-order chi connectivity index (χ1) is 8.84. The highest BCUT2D eigenvalue weighted by molar-refractivity contribution is 5.78. The van der Waals surface area contributed by atoms with E-state index in [4.69, 9.17) is 4.74 Å². The maximum atomic E-state index is 12.1.